The molecule has 0 radical (unpaired) electrons. The zero-order valence-electron chi connectivity index (χ0n) is 10.4. The first-order valence-corrected chi connectivity index (χ1v) is 5.95. The second kappa shape index (κ2) is 5.99. The number of hydrogen-bond acceptors (Lipinski definition) is 3. The average molecular weight is 226 g/mol. The summed E-state index contributed by atoms with van der Waals surface area (Å²) in [7, 11) is 1.91. The summed E-state index contributed by atoms with van der Waals surface area (Å²) in [5.41, 5.74) is 0. The molecule has 1 aliphatic rings. The van der Waals surface area contributed by atoms with E-state index in [9.17, 15) is 9.59 Å². The van der Waals surface area contributed by atoms with Crippen molar-refractivity contribution in [2.45, 2.75) is 39.2 Å². The fraction of sp³-hybridized carbons (Fsp3) is 0.833. The summed E-state index contributed by atoms with van der Waals surface area (Å²) in [6.07, 6.45) is 2.67. The van der Waals surface area contributed by atoms with Gasteiger partial charge in [0.05, 0.1) is 0 Å². The maximum Gasteiger partial charge on any atom is 0.217 e. The van der Waals surface area contributed by atoms with Crippen molar-refractivity contribution >= 4 is 11.7 Å². The van der Waals surface area contributed by atoms with Crippen molar-refractivity contribution in [1.29, 1.82) is 0 Å². The molecule has 3 atom stereocenters. The highest BCUT2D eigenvalue weighted by Gasteiger charge is 2.36. The van der Waals surface area contributed by atoms with Crippen molar-refractivity contribution in [2.75, 3.05) is 13.6 Å². The Morgan fingerprint density at radius 3 is 2.44 bits per heavy atom. The van der Waals surface area contributed by atoms with Crippen molar-refractivity contribution in [3.05, 3.63) is 0 Å². The van der Waals surface area contributed by atoms with E-state index in [2.05, 4.69) is 10.6 Å². The van der Waals surface area contributed by atoms with E-state index in [1.807, 2.05) is 7.05 Å². The van der Waals surface area contributed by atoms with Crippen LogP contribution in [0.15, 0.2) is 0 Å². The number of amides is 1. The minimum Gasteiger partial charge on any atom is -0.353 e. The van der Waals surface area contributed by atoms with Crippen molar-refractivity contribution in [2.24, 2.45) is 11.8 Å². The normalized spacial score (nSPS) is 29.1. The monoisotopic (exact) mass is 226 g/mol. The highest BCUT2D eigenvalue weighted by atomic mass is 16.1. The highest BCUT2D eigenvalue weighted by Crippen LogP contribution is 2.34. The van der Waals surface area contributed by atoms with Crippen LogP contribution in [-0.4, -0.2) is 31.3 Å². The molecule has 2 N–H and O–H groups in total. The molecule has 0 saturated heterocycles. The molecule has 16 heavy (non-hydrogen) atoms. The Morgan fingerprint density at radius 2 is 1.94 bits per heavy atom. The lowest BCUT2D eigenvalue weighted by molar-refractivity contribution is -0.119. The van der Waals surface area contributed by atoms with E-state index in [1.54, 1.807) is 13.8 Å². The van der Waals surface area contributed by atoms with Gasteiger partial charge in [0.1, 0.15) is 5.78 Å². The molecule has 0 aromatic carbocycles. The second-order valence-electron chi connectivity index (χ2n) is 4.77. The third-order valence-electron chi connectivity index (χ3n) is 3.35. The van der Waals surface area contributed by atoms with Crippen LogP contribution < -0.4 is 10.6 Å². The second-order valence-corrected chi connectivity index (χ2v) is 4.77. The van der Waals surface area contributed by atoms with Gasteiger partial charge >= 0.3 is 0 Å². The summed E-state index contributed by atoms with van der Waals surface area (Å²) in [5, 5.41) is 6.14. The Kier molecular flexibility index (Phi) is 4.93. The number of rotatable bonds is 5. The third-order valence-corrected chi connectivity index (χ3v) is 3.35. The minimum absolute atomic E-state index is 0.0228. The standard InChI is InChI=1S/C12H22N2O2/c1-8(15)6-10-4-5-12(14-9(2)16)11(10)7-13-3/h10-13H,4-7H2,1-3H3,(H,14,16). The van der Waals surface area contributed by atoms with E-state index in [1.165, 1.54) is 0 Å². The molecule has 0 heterocycles. The van der Waals surface area contributed by atoms with Gasteiger partial charge in [-0.05, 0) is 45.2 Å². The molecule has 4 nitrogen and oxygen atoms in total. The first-order valence-electron chi connectivity index (χ1n) is 5.95. The summed E-state index contributed by atoms with van der Waals surface area (Å²) >= 11 is 0. The van der Waals surface area contributed by atoms with Gasteiger partial charge in [-0.3, -0.25) is 4.79 Å². The quantitative estimate of drug-likeness (QED) is 0.726. The van der Waals surface area contributed by atoms with E-state index in [4.69, 9.17) is 0 Å². The molecule has 0 aromatic rings. The number of carbonyl (C=O) groups excluding carboxylic acids is 2. The zero-order valence-corrected chi connectivity index (χ0v) is 10.4. The first kappa shape index (κ1) is 13.2. The van der Waals surface area contributed by atoms with Crippen molar-refractivity contribution in [3.8, 4) is 0 Å². The van der Waals surface area contributed by atoms with Crippen LogP contribution in [0.1, 0.15) is 33.1 Å². The Morgan fingerprint density at radius 1 is 1.25 bits per heavy atom. The molecular weight excluding hydrogens is 204 g/mol. The lowest BCUT2D eigenvalue weighted by Crippen LogP contribution is -2.41. The molecule has 0 bridgehead atoms. The topological polar surface area (TPSA) is 58.2 Å². The number of carbonyl (C=O) groups is 2. The fourth-order valence-corrected chi connectivity index (χ4v) is 2.76. The molecule has 92 valence electrons. The van der Waals surface area contributed by atoms with Gasteiger partial charge in [-0.2, -0.15) is 0 Å². The highest BCUT2D eigenvalue weighted by molar-refractivity contribution is 5.76. The van der Waals surface area contributed by atoms with Crippen LogP contribution in [-0.2, 0) is 9.59 Å². The summed E-state index contributed by atoms with van der Waals surface area (Å²) in [4.78, 5) is 22.3. The zero-order chi connectivity index (χ0) is 12.1. The third kappa shape index (κ3) is 3.59. The average Bonchev–Trinajstić information content (AvgIpc) is 2.49. The summed E-state index contributed by atoms with van der Waals surface area (Å²) in [6, 6.07) is 0.231. The Hall–Kier alpha value is -0.900. The van der Waals surface area contributed by atoms with Gasteiger partial charge in [0.25, 0.3) is 0 Å². The molecule has 3 unspecified atom stereocenters. The molecule has 1 rings (SSSR count). The van der Waals surface area contributed by atoms with Gasteiger partial charge in [-0.1, -0.05) is 0 Å². The van der Waals surface area contributed by atoms with Crippen LogP contribution in [0.2, 0.25) is 0 Å². The minimum atomic E-state index is 0.0228. The summed E-state index contributed by atoms with van der Waals surface area (Å²) < 4.78 is 0. The predicted molar refractivity (Wildman–Crippen MR) is 63.0 cm³/mol. The van der Waals surface area contributed by atoms with E-state index >= 15 is 0 Å². The van der Waals surface area contributed by atoms with E-state index in [-0.39, 0.29) is 17.7 Å². The van der Waals surface area contributed by atoms with E-state index < -0.39 is 0 Å². The predicted octanol–water partition coefficient (Wildman–Crippen LogP) is 0.716. The number of nitrogens with one attached hydrogen (secondary N) is 2. The smallest absolute Gasteiger partial charge is 0.217 e. The van der Waals surface area contributed by atoms with Crippen LogP contribution >= 0.6 is 0 Å². The number of ketones is 1. The van der Waals surface area contributed by atoms with Crippen LogP contribution in [0.25, 0.3) is 0 Å². The van der Waals surface area contributed by atoms with Crippen molar-refractivity contribution in [3.63, 3.8) is 0 Å². The van der Waals surface area contributed by atoms with Gasteiger partial charge in [0, 0.05) is 19.4 Å². The van der Waals surface area contributed by atoms with Gasteiger partial charge in [-0.25, -0.2) is 0 Å². The summed E-state index contributed by atoms with van der Waals surface area (Å²) in [5.74, 6) is 1.07. The first-order chi connectivity index (χ1) is 7.54. The largest absolute Gasteiger partial charge is 0.353 e. The fourth-order valence-electron chi connectivity index (χ4n) is 2.76. The molecular formula is C12H22N2O2. The van der Waals surface area contributed by atoms with Crippen molar-refractivity contribution in [1.82, 2.24) is 10.6 Å². The molecule has 0 spiro atoms. The van der Waals surface area contributed by atoms with Crippen LogP contribution in [0.3, 0.4) is 0 Å². The molecule has 4 heteroatoms. The molecule has 1 aliphatic carbocycles. The Bertz CT molecular complexity index is 242. The van der Waals surface area contributed by atoms with Crippen LogP contribution in [0.5, 0.6) is 0 Å². The summed E-state index contributed by atoms with van der Waals surface area (Å²) in [6.45, 7) is 4.06. The van der Waals surface area contributed by atoms with Gasteiger partial charge in [0.15, 0.2) is 0 Å². The molecule has 1 saturated carbocycles. The lowest BCUT2D eigenvalue weighted by atomic mass is 9.89. The van der Waals surface area contributed by atoms with E-state index in [0.717, 1.165) is 19.4 Å². The maximum atomic E-state index is 11.2. The molecule has 0 aromatic heterocycles. The van der Waals surface area contributed by atoms with Gasteiger partial charge in [0.2, 0.25) is 5.91 Å². The van der Waals surface area contributed by atoms with Gasteiger partial charge < -0.3 is 15.4 Å². The molecule has 1 fully saturated rings. The van der Waals surface area contributed by atoms with E-state index in [0.29, 0.717) is 18.3 Å². The molecule has 0 aliphatic heterocycles. The maximum absolute atomic E-state index is 11.2. The SMILES string of the molecule is CNCC1C(CC(C)=O)CCC1NC(C)=O. The Labute approximate surface area is 97.2 Å². The van der Waals surface area contributed by atoms with Crippen LogP contribution in [0.4, 0.5) is 0 Å². The van der Waals surface area contributed by atoms with Crippen molar-refractivity contribution < 1.29 is 9.59 Å². The lowest BCUT2D eigenvalue weighted by Gasteiger charge is -2.24. The van der Waals surface area contributed by atoms with Gasteiger partial charge in [-0.15, -0.1) is 0 Å². The van der Waals surface area contributed by atoms with Crippen LogP contribution in [0, 0.1) is 11.8 Å². The number of hydrogen-bond donors (Lipinski definition) is 2. The number of Topliss-reactive ketones (excluding diaryl/α,β-unsaturated/α-hetero) is 1. The molecule has 1 amide bonds. The Balaban J connectivity index is 2.60.